The molecule has 2 N–H and O–H groups in total. The third kappa shape index (κ3) is 4.32. The number of hydrogen-bond donors (Lipinski definition) is 2. The summed E-state index contributed by atoms with van der Waals surface area (Å²) in [6.45, 7) is 5.41. The van der Waals surface area contributed by atoms with Gasteiger partial charge in [0.2, 0.25) is 0 Å². The number of hydrogen-bond acceptors (Lipinski definition) is 4. The summed E-state index contributed by atoms with van der Waals surface area (Å²) < 4.78 is 30.7. The van der Waals surface area contributed by atoms with E-state index in [1.54, 1.807) is 25.1 Å². The predicted octanol–water partition coefficient (Wildman–Crippen LogP) is 3.23. The average molecular weight is 398 g/mol. The summed E-state index contributed by atoms with van der Waals surface area (Å²) >= 11 is 0. The van der Waals surface area contributed by atoms with Gasteiger partial charge in [0.25, 0.3) is 15.9 Å². The molecule has 1 amide bonds. The first-order valence-corrected chi connectivity index (χ1v) is 10.3. The Morgan fingerprint density at radius 1 is 0.964 bits per heavy atom. The summed E-state index contributed by atoms with van der Waals surface area (Å²) in [6.07, 6.45) is -0.875. The van der Waals surface area contributed by atoms with Crippen LogP contribution in [0.1, 0.15) is 18.1 Å². The van der Waals surface area contributed by atoms with Crippen LogP contribution in [0, 0.1) is 13.8 Å². The highest BCUT2D eigenvalue weighted by atomic mass is 32.2. The second-order valence-corrected chi connectivity index (χ2v) is 8.24. The highest BCUT2D eigenvalue weighted by molar-refractivity contribution is 7.89. The quantitative estimate of drug-likeness (QED) is 0.625. The van der Waals surface area contributed by atoms with Crippen molar-refractivity contribution in [2.75, 3.05) is 0 Å². The van der Waals surface area contributed by atoms with Crippen LogP contribution in [0.25, 0.3) is 10.8 Å². The van der Waals surface area contributed by atoms with Crippen LogP contribution < -0.4 is 15.0 Å². The molecule has 0 aliphatic heterocycles. The standard InChI is InChI=1S/C21H22N2O4S/c1-14-7-6-10-20(15(14)2)27-16(3)21(24)22-23-28(25,26)19-12-11-17-8-4-5-9-18(17)13-19/h4-13,16,23H,1-3H3,(H,22,24)/t16-/m1/s1. The number of benzene rings is 3. The smallest absolute Gasteiger partial charge is 0.275 e. The highest BCUT2D eigenvalue weighted by Crippen LogP contribution is 2.22. The Hall–Kier alpha value is -2.90. The van der Waals surface area contributed by atoms with Gasteiger partial charge in [-0.15, -0.1) is 4.83 Å². The zero-order valence-corrected chi connectivity index (χ0v) is 16.7. The molecule has 3 rings (SSSR count). The number of fused-ring (bicyclic) bond motifs is 1. The molecule has 0 aliphatic carbocycles. The summed E-state index contributed by atoms with van der Waals surface area (Å²) in [5.41, 5.74) is 4.19. The molecule has 0 bridgehead atoms. The molecule has 0 heterocycles. The molecule has 0 saturated heterocycles. The van der Waals surface area contributed by atoms with Crippen molar-refractivity contribution in [1.82, 2.24) is 10.3 Å². The summed E-state index contributed by atoms with van der Waals surface area (Å²) in [5, 5.41) is 1.73. The van der Waals surface area contributed by atoms with Crippen molar-refractivity contribution in [2.45, 2.75) is 31.8 Å². The normalized spacial score (nSPS) is 12.5. The number of ether oxygens (including phenoxy) is 1. The third-order valence-corrected chi connectivity index (χ3v) is 5.81. The molecule has 0 spiro atoms. The molecule has 7 heteroatoms. The van der Waals surface area contributed by atoms with Crippen molar-refractivity contribution >= 4 is 26.7 Å². The predicted molar refractivity (Wildman–Crippen MR) is 108 cm³/mol. The van der Waals surface area contributed by atoms with E-state index in [2.05, 4.69) is 10.3 Å². The van der Waals surface area contributed by atoms with E-state index < -0.39 is 22.0 Å². The van der Waals surface area contributed by atoms with Gasteiger partial charge in [-0.3, -0.25) is 10.2 Å². The van der Waals surface area contributed by atoms with Crippen molar-refractivity contribution in [1.29, 1.82) is 0 Å². The van der Waals surface area contributed by atoms with E-state index in [1.165, 1.54) is 6.07 Å². The summed E-state index contributed by atoms with van der Waals surface area (Å²) in [5.74, 6) is -0.00898. The molecule has 0 unspecified atom stereocenters. The Morgan fingerprint density at radius 2 is 1.68 bits per heavy atom. The first-order valence-electron chi connectivity index (χ1n) is 8.81. The van der Waals surface area contributed by atoms with Crippen molar-refractivity contribution in [3.8, 4) is 5.75 Å². The molecule has 0 aliphatic rings. The van der Waals surface area contributed by atoms with Gasteiger partial charge in [0.1, 0.15) is 5.75 Å². The molecule has 146 valence electrons. The van der Waals surface area contributed by atoms with Crippen molar-refractivity contribution < 1.29 is 17.9 Å². The fourth-order valence-electron chi connectivity index (χ4n) is 2.71. The van der Waals surface area contributed by atoms with Crippen LogP contribution in [0.2, 0.25) is 0 Å². The van der Waals surface area contributed by atoms with E-state index in [4.69, 9.17) is 4.74 Å². The van der Waals surface area contributed by atoms with E-state index in [-0.39, 0.29) is 4.90 Å². The van der Waals surface area contributed by atoms with Crippen molar-refractivity contribution in [3.63, 3.8) is 0 Å². The Labute approximate surface area is 164 Å². The van der Waals surface area contributed by atoms with Gasteiger partial charge < -0.3 is 4.74 Å². The van der Waals surface area contributed by atoms with Crippen LogP contribution in [-0.2, 0) is 14.8 Å². The maximum absolute atomic E-state index is 12.5. The molecule has 0 saturated carbocycles. The molecule has 3 aromatic carbocycles. The zero-order valence-electron chi connectivity index (χ0n) is 15.9. The summed E-state index contributed by atoms with van der Waals surface area (Å²) in [7, 11) is -3.91. The lowest BCUT2D eigenvalue weighted by atomic mass is 10.1. The number of carbonyl (C=O) groups is 1. The Bertz CT molecular complexity index is 1130. The Kier molecular flexibility index (Phi) is 5.67. The van der Waals surface area contributed by atoms with Crippen LogP contribution >= 0.6 is 0 Å². The van der Waals surface area contributed by atoms with Gasteiger partial charge in [0, 0.05) is 0 Å². The lowest BCUT2D eigenvalue weighted by Gasteiger charge is -2.17. The topological polar surface area (TPSA) is 84.5 Å². The number of carbonyl (C=O) groups excluding carboxylic acids is 1. The third-order valence-electron chi connectivity index (χ3n) is 4.57. The molecule has 28 heavy (non-hydrogen) atoms. The lowest BCUT2D eigenvalue weighted by Crippen LogP contribution is -2.47. The van der Waals surface area contributed by atoms with E-state index in [0.717, 1.165) is 21.9 Å². The molecule has 0 aromatic heterocycles. The summed E-state index contributed by atoms with van der Waals surface area (Å²) in [6, 6.07) is 17.8. The van der Waals surface area contributed by atoms with Crippen LogP contribution in [-0.4, -0.2) is 20.4 Å². The van der Waals surface area contributed by atoms with Crippen molar-refractivity contribution in [3.05, 3.63) is 71.8 Å². The Morgan fingerprint density at radius 3 is 2.43 bits per heavy atom. The van der Waals surface area contributed by atoms with Gasteiger partial charge >= 0.3 is 0 Å². The number of amides is 1. The number of hydrazine groups is 1. The van der Waals surface area contributed by atoms with Crippen LogP contribution in [0.3, 0.4) is 0 Å². The first-order chi connectivity index (χ1) is 13.3. The van der Waals surface area contributed by atoms with Crippen LogP contribution in [0.15, 0.2) is 65.6 Å². The SMILES string of the molecule is Cc1cccc(O[C@H](C)C(=O)NNS(=O)(=O)c2ccc3ccccc3c2)c1C. The van der Waals surface area contributed by atoms with Gasteiger partial charge in [0.05, 0.1) is 4.90 Å². The van der Waals surface area contributed by atoms with E-state index in [1.807, 2.05) is 50.2 Å². The van der Waals surface area contributed by atoms with E-state index >= 15 is 0 Å². The zero-order chi connectivity index (χ0) is 20.3. The van der Waals surface area contributed by atoms with E-state index in [0.29, 0.717) is 5.75 Å². The molecule has 3 aromatic rings. The molecular weight excluding hydrogens is 376 g/mol. The minimum absolute atomic E-state index is 0.0644. The van der Waals surface area contributed by atoms with Gasteiger partial charge in [0.15, 0.2) is 6.10 Å². The number of rotatable bonds is 6. The van der Waals surface area contributed by atoms with Crippen LogP contribution in [0.5, 0.6) is 5.75 Å². The minimum atomic E-state index is -3.91. The lowest BCUT2D eigenvalue weighted by molar-refractivity contribution is -0.127. The van der Waals surface area contributed by atoms with Gasteiger partial charge in [-0.1, -0.05) is 42.5 Å². The first kappa shape index (κ1) is 19.9. The van der Waals surface area contributed by atoms with Gasteiger partial charge in [-0.25, -0.2) is 8.42 Å². The molecule has 0 fully saturated rings. The molecular formula is C21H22N2O4S. The second-order valence-electron chi connectivity index (χ2n) is 6.56. The molecule has 1 atom stereocenters. The van der Waals surface area contributed by atoms with Gasteiger partial charge in [-0.05, 0) is 60.9 Å². The average Bonchev–Trinajstić information content (AvgIpc) is 2.69. The van der Waals surface area contributed by atoms with Gasteiger partial charge in [-0.2, -0.15) is 0 Å². The fourth-order valence-corrected chi connectivity index (χ4v) is 3.59. The molecule has 0 radical (unpaired) electrons. The fraction of sp³-hybridized carbons (Fsp3) is 0.190. The minimum Gasteiger partial charge on any atom is -0.481 e. The monoisotopic (exact) mass is 398 g/mol. The number of sulfonamides is 1. The maximum atomic E-state index is 12.5. The second kappa shape index (κ2) is 8.00. The maximum Gasteiger partial charge on any atom is 0.275 e. The number of aryl methyl sites for hydroxylation is 1. The van der Waals surface area contributed by atoms with Crippen LogP contribution in [0.4, 0.5) is 0 Å². The molecule has 6 nitrogen and oxygen atoms in total. The summed E-state index contributed by atoms with van der Waals surface area (Å²) in [4.78, 5) is 14.5. The van der Waals surface area contributed by atoms with E-state index in [9.17, 15) is 13.2 Å². The van der Waals surface area contributed by atoms with Crippen molar-refractivity contribution in [2.24, 2.45) is 0 Å². The largest absolute Gasteiger partial charge is 0.481 e. The Balaban J connectivity index is 1.67. The highest BCUT2D eigenvalue weighted by Gasteiger charge is 2.20. The number of nitrogens with one attached hydrogen (secondary N) is 2.